The van der Waals surface area contributed by atoms with Gasteiger partial charge in [-0.15, -0.1) is 11.3 Å². The molecule has 0 radical (unpaired) electrons. The Labute approximate surface area is 134 Å². The van der Waals surface area contributed by atoms with E-state index in [1.165, 1.54) is 40.8 Å². The Morgan fingerprint density at radius 1 is 1.14 bits per heavy atom. The van der Waals surface area contributed by atoms with Crippen LogP contribution in [0.2, 0.25) is 0 Å². The Bertz CT molecular complexity index is 721. The summed E-state index contributed by atoms with van der Waals surface area (Å²) >= 11 is 1.84. The van der Waals surface area contributed by atoms with Crippen LogP contribution in [0.15, 0.2) is 18.1 Å². The first-order valence-electron chi connectivity index (χ1n) is 7.96. The quantitative estimate of drug-likeness (QED) is 0.853. The van der Waals surface area contributed by atoms with Crippen molar-refractivity contribution in [2.45, 2.75) is 32.1 Å². The number of aryl methyl sites for hydroxylation is 2. The third-order valence-electron chi connectivity index (χ3n) is 4.51. The van der Waals surface area contributed by atoms with Crippen molar-refractivity contribution in [3.63, 3.8) is 0 Å². The molecule has 0 saturated heterocycles. The predicted molar refractivity (Wildman–Crippen MR) is 91.0 cm³/mol. The van der Waals surface area contributed by atoms with E-state index in [0.29, 0.717) is 0 Å². The lowest BCUT2D eigenvalue weighted by Crippen LogP contribution is -2.31. The molecule has 5 nitrogen and oxygen atoms in total. The van der Waals surface area contributed by atoms with Crippen molar-refractivity contribution in [2.75, 3.05) is 25.6 Å². The maximum atomic E-state index is 4.47. The molecule has 3 heterocycles. The van der Waals surface area contributed by atoms with Crippen molar-refractivity contribution in [1.29, 1.82) is 0 Å². The third kappa shape index (κ3) is 2.57. The van der Waals surface area contributed by atoms with Gasteiger partial charge in [-0.2, -0.15) is 0 Å². The average Bonchev–Trinajstić information content (AvgIpc) is 2.93. The van der Waals surface area contributed by atoms with Crippen molar-refractivity contribution in [1.82, 2.24) is 20.3 Å². The molecule has 0 fully saturated rings. The van der Waals surface area contributed by atoms with E-state index in [4.69, 9.17) is 0 Å². The van der Waals surface area contributed by atoms with Gasteiger partial charge in [-0.25, -0.2) is 9.97 Å². The van der Waals surface area contributed by atoms with Crippen LogP contribution in [-0.2, 0) is 12.8 Å². The maximum Gasteiger partial charge on any atom is 0.156 e. The molecule has 2 aliphatic rings. The summed E-state index contributed by atoms with van der Waals surface area (Å²) in [5, 5.41) is 1.23. The summed E-state index contributed by atoms with van der Waals surface area (Å²) in [6.07, 6.45) is 9.87. The second-order valence-electron chi connectivity index (χ2n) is 6.10. The zero-order valence-electron chi connectivity index (χ0n) is 12.9. The number of thiophene rings is 1. The number of nitrogens with zero attached hydrogens (tertiary/aromatic N) is 3. The Morgan fingerprint density at radius 2 is 2.05 bits per heavy atom. The monoisotopic (exact) mass is 315 g/mol. The fourth-order valence-corrected chi connectivity index (χ4v) is 4.44. The minimum atomic E-state index is 0.921. The van der Waals surface area contributed by atoms with Crippen molar-refractivity contribution in [2.24, 2.45) is 0 Å². The highest BCUT2D eigenvalue weighted by Gasteiger charge is 2.20. The Hall–Kier alpha value is -1.66. The van der Waals surface area contributed by atoms with Gasteiger partial charge >= 0.3 is 0 Å². The van der Waals surface area contributed by atoms with Crippen LogP contribution >= 0.6 is 11.3 Å². The molecule has 2 aromatic rings. The molecule has 0 saturated carbocycles. The number of fused-ring (bicyclic) bond motifs is 3. The number of hydrazine groups is 1. The van der Waals surface area contributed by atoms with Crippen molar-refractivity contribution in [3.8, 4) is 0 Å². The minimum Gasteiger partial charge on any atom is -0.304 e. The molecule has 0 bridgehead atoms. The minimum absolute atomic E-state index is 0.921. The Kier molecular flexibility index (Phi) is 3.72. The van der Waals surface area contributed by atoms with E-state index in [9.17, 15) is 0 Å². The lowest BCUT2D eigenvalue weighted by molar-refractivity contribution is 0.354. The molecular formula is C16H21N5S. The normalized spacial score (nSPS) is 18.9. The third-order valence-corrected chi connectivity index (χ3v) is 5.70. The average molecular weight is 315 g/mol. The smallest absolute Gasteiger partial charge is 0.156 e. The number of rotatable bonds is 3. The summed E-state index contributed by atoms with van der Waals surface area (Å²) in [7, 11) is 2.15. The second-order valence-corrected chi connectivity index (χ2v) is 7.19. The van der Waals surface area contributed by atoms with Gasteiger partial charge < -0.3 is 10.3 Å². The van der Waals surface area contributed by atoms with Gasteiger partial charge in [-0.05, 0) is 44.4 Å². The van der Waals surface area contributed by atoms with E-state index < -0.39 is 0 Å². The van der Waals surface area contributed by atoms with Crippen LogP contribution in [0.5, 0.6) is 0 Å². The maximum absolute atomic E-state index is 4.47. The number of hydrogen-bond donors (Lipinski definition) is 2. The van der Waals surface area contributed by atoms with Crippen LogP contribution in [0, 0.1) is 0 Å². The molecule has 22 heavy (non-hydrogen) atoms. The van der Waals surface area contributed by atoms with Gasteiger partial charge in [0, 0.05) is 30.1 Å². The van der Waals surface area contributed by atoms with Gasteiger partial charge in [0.1, 0.15) is 11.2 Å². The number of anilines is 1. The zero-order chi connectivity index (χ0) is 14.9. The van der Waals surface area contributed by atoms with E-state index in [1.807, 2.05) is 11.3 Å². The summed E-state index contributed by atoms with van der Waals surface area (Å²) in [4.78, 5) is 13.9. The summed E-state index contributed by atoms with van der Waals surface area (Å²) in [6.45, 7) is 2.09. The van der Waals surface area contributed by atoms with Crippen molar-refractivity contribution in [3.05, 3.63) is 28.5 Å². The summed E-state index contributed by atoms with van der Waals surface area (Å²) < 4.78 is 0. The molecule has 0 atom stereocenters. The van der Waals surface area contributed by atoms with Crippen LogP contribution < -0.4 is 10.9 Å². The van der Waals surface area contributed by atoms with E-state index in [0.717, 1.165) is 36.6 Å². The number of likely N-dealkylation sites (N-methyl/N-ethyl adjacent to an activating group) is 1. The van der Waals surface area contributed by atoms with Gasteiger partial charge in [0.05, 0.1) is 5.39 Å². The highest BCUT2D eigenvalue weighted by Crippen LogP contribution is 2.37. The summed E-state index contributed by atoms with van der Waals surface area (Å²) in [6, 6.07) is 0. The number of aromatic nitrogens is 2. The fourth-order valence-electron chi connectivity index (χ4n) is 3.21. The van der Waals surface area contributed by atoms with Crippen LogP contribution in [0.1, 0.15) is 29.7 Å². The molecule has 0 unspecified atom stereocenters. The van der Waals surface area contributed by atoms with Gasteiger partial charge in [0.15, 0.2) is 5.82 Å². The van der Waals surface area contributed by atoms with E-state index in [1.54, 1.807) is 6.33 Å². The van der Waals surface area contributed by atoms with Crippen molar-refractivity contribution >= 4 is 27.4 Å². The summed E-state index contributed by atoms with van der Waals surface area (Å²) in [5.41, 5.74) is 9.38. The van der Waals surface area contributed by atoms with Crippen LogP contribution in [0.3, 0.4) is 0 Å². The van der Waals surface area contributed by atoms with Crippen LogP contribution in [0.25, 0.3) is 10.2 Å². The molecule has 0 spiro atoms. The molecule has 2 N–H and O–H groups in total. The highest BCUT2D eigenvalue weighted by atomic mass is 32.1. The number of hydrogen-bond acceptors (Lipinski definition) is 6. The Balaban J connectivity index is 1.60. The first-order valence-corrected chi connectivity index (χ1v) is 8.78. The van der Waals surface area contributed by atoms with Crippen LogP contribution in [-0.4, -0.2) is 35.0 Å². The standard InChI is InChI=1S/C16H21N5S/c1-21-8-6-11(7-9-21)19-20-15-14-12-4-2-3-5-13(12)22-16(14)18-10-17-15/h6,10,19H,2-5,7-9H2,1H3,(H,17,18,20). The van der Waals surface area contributed by atoms with E-state index in [2.05, 4.69) is 38.8 Å². The lowest BCUT2D eigenvalue weighted by Gasteiger charge is -2.23. The topological polar surface area (TPSA) is 53.1 Å². The predicted octanol–water partition coefficient (Wildman–Crippen LogP) is 2.71. The van der Waals surface area contributed by atoms with Gasteiger partial charge in [0.25, 0.3) is 0 Å². The second kappa shape index (κ2) is 5.85. The summed E-state index contributed by atoms with van der Waals surface area (Å²) in [5.74, 6) is 0.921. The molecule has 0 amide bonds. The first-order chi connectivity index (χ1) is 10.8. The molecule has 6 heteroatoms. The van der Waals surface area contributed by atoms with Gasteiger partial charge in [0.2, 0.25) is 0 Å². The lowest BCUT2D eigenvalue weighted by atomic mass is 9.97. The first kappa shape index (κ1) is 14.0. The SMILES string of the molecule is CN1CC=C(NNc2ncnc3sc4c(c23)CCCC4)CC1. The fraction of sp³-hybridized carbons (Fsp3) is 0.500. The van der Waals surface area contributed by atoms with Gasteiger partial charge in [-0.3, -0.25) is 5.43 Å². The highest BCUT2D eigenvalue weighted by molar-refractivity contribution is 7.19. The van der Waals surface area contributed by atoms with E-state index >= 15 is 0 Å². The van der Waals surface area contributed by atoms with Crippen LogP contribution in [0.4, 0.5) is 5.82 Å². The molecule has 1 aliphatic carbocycles. The largest absolute Gasteiger partial charge is 0.304 e. The number of nitrogens with one attached hydrogen (secondary N) is 2. The molecule has 2 aromatic heterocycles. The zero-order valence-corrected chi connectivity index (χ0v) is 13.7. The van der Waals surface area contributed by atoms with Crippen molar-refractivity contribution < 1.29 is 0 Å². The Morgan fingerprint density at radius 3 is 2.91 bits per heavy atom. The molecule has 1 aliphatic heterocycles. The molecular weight excluding hydrogens is 294 g/mol. The molecule has 116 valence electrons. The molecule has 0 aromatic carbocycles. The van der Waals surface area contributed by atoms with E-state index in [-0.39, 0.29) is 0 Å². The van der Waals surface area contributed by atoms with Gasteiger partial charge in [-0.1, -0.05) is 0 Å². The molecule has 4 rings (SSSR count).